The predicted molar refractivity (Wildman–Crippen MR) is 81.0 cm³/mol. The monoisotopic (exact) mass is 373 g/mol. The van der Waals surface area contributed by atoms with Crippen LogP contribution in [-0.2, 0) is 0 Å². The van der Waals surface area contributed by atoms with E-state index in [1.54, 1.807) is 12.3 Å². The zero-order valence-corrected chi connectivity index (χ0v) is 12.5. The Morgan fingerprint density at radius 1 is 1.26 bits per heavy atom. The van der Waals surface area contributed by atoms with Crippen molar-refractivity contribution in [3.63, 3.8) is 0 Å². The van der Waals surface area contributed by atoms with E-state index in [2.05, 4.69) is 55.1 Å². The van der Waals surface area contributed by atoms with Crippen molar-refractivity contribution < 1.29 is 4.39 Å². The van der Waals surface area contributed by atoms with Crippen molar-refractivity contribution in [2.24, 2.45) is 0 Å². The molecule has 0 atom stereocenters. The predicted octanol–water partition coefficient (Wildman–Crippen LogP) is 3.18. The fraction of sp³-hybridized carbons (Fsp3) is 0.250. The van der Waals surface area contributed by atoms with Gasteiger partial charge in [0.1, 0.15) is 5.82 Å². The molecular weight excluding hydrogens is 360 g/mol. The van der Waals surface area contributed by atoms with Gasteiger partial charge in [0.25, 0.3) is 0 Å². The number of aromatic nitrogens is 3. The van der Waals surface area contributed by atoms with Crippen LogP contribution in [-0.4, -0.2) is 21.5 Å². The Kier molecular flexibility index (Phi) is 4.83. The van der Waals surface area contributed by atoms with Gasteiger partial charge in [0.2, 0.25) is 11.9 Å². The first-order valence-electron chi connectivity index (χ1n) is 5.84. The molecule has 0 aliphatic rings. The molecule has 0 radical (unpaired) electrons. The Labute approximate surface area is 124 Å². The molecule has 0 saturated heterocycles. The number of hydrogen-bond acceptors (Lipinski definition) is 5. The highest BCUT2D eigenvalue weighted by Gasteiger charge is 2.05. The molecule has 5 nitrogen and oxygen atoms in total. The van der Waals surface area contributed by atoms with E-state index < -0.39 is 5.95 Å². The van der Waals surface area contributed by atoms with Crippen LogP contribution in [0.4, 0.5) is 21.8 Å². The molecule has 0 bridgehead atoms. The van der Waals surface area contributed by atoms with E-state index >= 15 is 0 Å². The topological polar surface area (TPSA) is 62.7 Å². The summed E-state index contributed by atoms with van der Waals surface area (Å²) >= 11 is 2.17. The Morgan fingerprint density at radius 2 is 2.11 bits per heavy atom. The molecule has 0 spiro atoms. The largest absolute Gasteiger partial charge is 0.369 e. The van der Waals surface area contributed by atoms with Crippen molar-refractivity contribution in [1.82, 2.24) is 15.0 Å². The number of nitrogens with one attached hydrogen (secondary N) is 2. The van der Waals surface area contributed by atoms with Gasteiger partial charge in [0.05, 0.1) is 15.5 Å². The van der Waals surface area contributed by atoms with E-state index in [1.807, 2.05) is 0 Å². The zero-order valence-electron chi connectivity index (χ0n) is 10.3. The molecule has 2 aromatic rings. The highest BCUT2D eigenvalue weighted by Crippen LogP contribution is 2.18. The fourth-order valence-corrected chi connectivity index (χ4v) is 1.82. The third-order valence-corrected chi connectivity index (χ3v) is 3.06. The highest BCUT2D eigenvalue weighted by molar-refractivity contribution is 14.1. The summed E-state index contributed by atoms with van der Waals surface area (Å²) in [6, 6.07) is 2.87. The Hall–Kier alpha value is -1.51. The Bertz CT molecular complexity index is 546. The number of anilines is 3. The quantitative estimate of drug-likeness (QED) is 0.623. The van der Waals surface area contributed by atoms with Crippen LogP contribution in [0.1, 0.15) is 13.3 Å². The molecule has 0 unspecified atom stereocenters. The van der Waals surface area contributed by atoms with Gasteiger partial charge in [-0.15, -0.1) is 0 Å². The van der Waals surface area contributed by atoms with Gasteiger partial charge in [0, 0.05) is 12.7 Å². The number of halogens is 2. The number of hydrogen-bond donors (Lipinski definition) is 2. The lowest BCUT2D eigenvalue weighted by molar-refractivity contribution is 0.584. The van der Waals surface area contributed by atoms with E-state index in [9.17, 15) is 4.39 Å². The van der Waals surface area contributed by atoms with Gasteiger partial charge < -0.3 is 10.6 Å². The van der Waals surface area contributed by atoms with E-state index in [0.29, 0.717) is 11.6 Å². The summed E-state index contributed by atoms with van der Waals surface area (Å²) in [4.78, 5) is 12.1. The second-order valence-electron chi connectivity index (χ2n) is 3.81. The smallest absolute Gasteiger partial charge is 0.229 e. The third kappa shape index (κ3) is 3.98. The summed E-state index contributed by atoms with van der Waals surface area (Å²) in [5, 5.41) is 6.20. The van der Waals surface area contributed by atoms with Crippen LogP contribution in [0.25, 0.3) is 0 Å². The van der Waals surface area contributed by atoms with Crippen molar-refractivity contribution >= 4 is 40.0 Å². The van der Waals surface area contributed by atoms with Crippen molar-refractivity contribution in [2.45, 2.75) is 13.3 Å². The standard InChI is InChI=1S/C12H13FIN5/c1-2-5-15-11-9(14)7-17-12(19-11)18-8-3-4-10(13)16-6-8/h3-4,6-7H,2,5H2,1H3,(H2,15,17,18,19). The summed E-state index contributed by atoms with van der Waals surface area (Å²) < 4.78 is 13.7. The molecule has 7 heteroatoms. The lowest BCUT2D eigenvalue weighted by Gasteiger charge is -2.09. The molecule has 0 fully saturated rings. The van der Waals surface area contributed by atoms with Crippen molar-refractivity contribution in [3.05, 3.63) is 34.0 Å². The first kappa shape index (κ1) is 13.9. The molecule has 2 heterocycles. The normalized spacial score (nSPS) is 10.3. The van der Waals surface area contributed by atoms with Gasteiger partial charge in [-0.05, 0) is 41.1 Å². The summed E-state index contributed by atoms with van der Waals surface area (Å²) in [6.07, 6.45) is 4.14. The van der Waals surface area contributed by atoms with Gasteiger partial charge in [-0.2, -0.15) is 9.37 Å². The van der Waals surface area contributed by atoms with E-state index in [4.69, 9.17) is 0 Å². The fourth-order valence-electron chi connectivity index (χ4n) is 1.37. The van der Waals surface area contributed by atoms with Crippen molar-refractivity contribution in [1.29, 1.82) is 0 Å². The van der Waals surface area contributed by atoms with Gasteiger partial charge in [-0.25, -0.2) is 9.97 Å². The van der Waals surface area contributed by atoms with E-state index in [-0.39, 0.29) is 0 Å². The van der Waals surface area contributed by atoms with Crippen LogP contribution in [0.3, 0.4) is 0 Å². The molecule has 2 aromatic heterocycles. The number of nitrogens with zero attached hydrogens (tertiary/aromatic N) is 3. The Morgan fingerprint density at radius 3 is 2.79 bits per heavy atom. The van der Waals surface area contributed by atoms with Crippen LogP contribution in [0.2, 0.25) is 0 Å². The van der Waals surface area contributed by atoms with Crippen LogP contribution < -0.4 is 10.6 Å². The van der Waals surface area contributed by atoms with Gasteiger partial charge >= 0.3 is 0 Å². The minimum absolute atomic E-state index is 0.451. The molecular formula is C12H13FIN5. The lowest BCUT2D eigenvalue weighted by Crippen LogP contribution is -2.07. The Balaban J connectivity index is 2.14. The molecule has 0 amide bonds. The summed E-state index contributed by atoms with van der Waals surface area (Å²) in [7, 11) is 0. The van der Waals surface area contributed by atoms with E-state index in [0.717, 1.165) is 22.4 Å². The first-order chi connectivity index (χ1) is 9.19. The van der Waals surface area contributed by atoms with Crippen molar-refractivity contribution in [2.75, 3.05) is 17.2 Å². The molecule has 2 N–H and O–H groups in total. The van der Waals surface area contributed by atoms with Crippen LogP contribution >= 0.6 is 22.6 Å². The molecule has 100 valence electrons. The average Bonchev–Trinajstić information content (AvgIpc) is 2.42. The molecule has 19 heavy (non-hydrogen) atoms. The molecule has 0 saturated carbocycles. The van der Waals surface area contributed by atoms with Crippen LogP contribution in [0.5, 0.6) is 0 Å². The van der Waals surface area contributed by atoms with Crippen LogP contribution in [0, 0.1) is 9.52 Å². The number of pyridine rings is 1. The minimum Gasteiger partial charge on any atom is -0.369 e. The lowest BCUT2D eigenvalue weighted by atomic mass is 10.4. The number of rotatable bonds is 5. The van der Waals surface area contributed by atoms with Gasteiger partial charge in [0.15, 0.2) is 0 Å². The second-order valence-corrected chi connectivity index (χ2v) is 4.97. The first-order valence-corrected chi connectivity index (χ1v) is 6.92. The zero-order chi connectivity index (χ0) is 13.7. The molecule has 0 aromatic carbocycles. The highest BCUT2D eigenvalue weighted by atomic mass is 127. The third-order valence-electron chi connectivity index (χ3n) is 2.27. The maximum absolute atomic E-state index is 12.7. The molecule has 0 aliphatic carbocycles. The average molecular weight is 373 g/mol. The summed E-state index contributed by atoms with van der Waals surface area (Å²) in [6.45, 7) is 2.94. The van der Waals surface area contributed by atoms with E-state index in [1.165, 1.54) is 12.3 Å². The van der Waals surface area contributed by atoms with Crippen LogP contribution in [0.15, 0.2) is 24.5 Å². The van der Waals surface area contributed by atoms with Gasteiger partial charge in [-0.3, -0.25) is 0 Å². The second kappa shape index (κ2) is 6.60. The SMILES string of the molecule is CCCNc1nc(Nc2ccc(F)nc2)ncc1I. The molecule has 2 rings (SSSR count). The van der Waals surface area contributed by atoms with Crippen molar-refractivity contribution in [3.8, 4) is 0 Å². The summed E-state index contributed by atoms with van der Waals surface area (Å²) in [5.41, 5.74) is 0.643. The summed E-state index contributed by atoms with van der Waals surface area (Å²) in [5.74, 6) is 0.724. The maximum atomic E-state index is 12.7. The molecule has 0 aliphatic heterocycles. The van der Waals surface area contributed by atoms with Gasteiger partial charge in [-0.1, -0.05) is 6.92 Å². The minimum atomic E-state index is -0.514. The maximum Gasteiger partial charge on any atom is 0.229 e.